The summed E-state index contributed by atoms with van der Waals surface area (Å²) in [5.41, 5.74) is 5.64. The van der Waals surface area contributed by atoms with Crippen LogP contribution in [0.25, 0.3) is 0 Å². The van der Waals surface area contributed by atoms with E-state index in [1.807, 2.05) is 11.8 Å². The molecule has 0 aliphatic carbocycles. The molecule has 0 bridgehead atoms. The second-order valence-corrected chi connectivity index (χ2v) is 6.19. The van der Waals surface area contributed by atoms with Crippen molar-refractivity contribution in [2.45, 2.75) is 32.1 Å². The Morgan fingerprint density at radius 1 is 1.40 bits per heavy atom. The summed E-state index contributed by atoms with van der Waals surface area (Å²) in [7, 11) is 0. The molecule has 0 aliphatic heterocycles. The maximum atomic E-state index is 11.1. The molecule has 90 valence electrons. The molecule has 1 atom stereocenters. The van der Waals surface area contributed by atoms with Gasteiger partial charge >= 0.3 is 5.97 Å². The molecule has 2 N–H and O–H groups in total. The molecule has 5 heteroatoms. The van der Waals surface area contributed by atoms with Crippen LogP contribution >= 0.6 is 23.5 Å². The minimum atomic E-state index is -0.473. The molecule has 0 radical (unpaired) electrons. The van der Waals surface area contributed by atoms with Gasteiger partial charge in [0.1, 0.15) is 6.04 Å². The zero-order valence-electron chi connectivity index (χ0n) is 9.69. The van der Waals surface area contributed by atoms with Gasteiger partial charge in [0, 0.05) is 17.3 Å². The molecule has 0 saturated heterocycles. The van der Waals surface area contributed by atoms with E-state index in [-0.39, 0.29) is 5.97 Å². The first-order valence-electron chi connectivity index (χ1n) is 5.19. The van der Waals surface area contributed by atoms with E-state index in [2.05, 4.69) is 13.8 Å². The maximum Gasteiger partial charge on any atom is 0.323 e. The third-order valence-corrected chi connectivity index (χ3v) is 4.02. The lowest BCUT2D eigenvalue weighted by atomic mass is 10.4. The minimum absolute atomic E-state index is 0.290. The van der Waals surface area contributed by atoms with Gasteiger partial charge in [-0.2, -0.15) is 23.5 Å². The molecule has 0 rings (SSSR count). The number of esters is 1. The van der Waals surface area contributed by atoms with Crippen molar-refractivity contribution in [1.82, 2.24) is 0 Å². The molecule has 0 spiro atoms. The van der Waals surface area contributed by atoms with Crippen molar-refractivity contribution < 1.29 is 9.53 Å². The highest BCUT2D eigenvalue weighted by molar-refractivity contribution is 8.03. The van der Waals surface area contributed by atoms with E-state index in [0.717, 1.165) is 11.5 Å². The molecule has 0 heterocycles. The molecule has 0 aliphatic rings. The first-order valence-corrected chi connectivity index (χ1v) is 7.39. The number of thioether (sulfide) groups is 2. The molecule has 15 heavy (non-hydrogen) atoms. The molecule has 0 aromatic heterocycles. The first kappa shape index (κ1) is 15.1. The predicted octanol–water partition coefficient (Wildman–Crippen LogP) is 1.75. The van der Waals surface area contributed by atoms with Gasteiger partial charge in [0.2, 0.25) is 0 Å². The van der Waals surface area contributed by atoms with Crippen LogP contribution in [-0.2, 0) is 9.53 Å². The van der Waals surface area contributed by atoms with E-state index in [9.17, 15) is 4.79 Å². The van der Waals surface area contributed by atoms with Gasteiger partial charge in [-0.1, -0.05) is 13.8 Å². The normalized spacial score (nSPS) is 12.9. The standard InChI is InChI=1S/C10H21NO2S2/c1-4-13-10(12)9(11)7-14-5-6-15-8(2)3/h8-9H,4-7,11H2,1-3H3/t9-/m0/s1. The van der Waals surface area contributed by atoms with E-state index in [1.165, 1.54) is 0 Å². The van der Waals surface area contributed by atoms with Gasteiger partial charge in [0.15, 0.2) is 0 Å². The smallest absolute Gasteiger partial charge is 0.323 e. The Labute approximate surface area is 101 Å². The number of hydrogen-bond donors (Lipinski definition) is 1. The Morgan fingerprint density at radius 2 is 2.07 bits per heavy atom. The Balaban J connectivity index is 3.38. The van der Waals surface area contributed by atoms with Crippen molar-refractivity contribution in [3.8, 4) is 0 Å². The van der Waals surface area contributed by atoms with Crippen molar-refractivity contribution in [2.75, 3.05) is 23.9 Å². The first-order chi connectivity index (χ1) is 7.07. The van der Waals surface area contributed by atoms with Crippen LogP contribution in [0.15, 0.2) is 0 Å². The molecule has 0 amide bonds. The predicted molar refractivity (Wildman–Crippen MR) is 69.5 cm³/mol. The third kappa shape index (κ3) is 9.08. The maximum absolute atomic E-state index is 11.1. The molecule has 0 aromatic rings. The summed E-state index contributed by atoms with van der Waals surface area (Å²) in [4.78, 5) is 11.1. The highest BCUT2D eigenvalue weighted by Crippen LogP contribution is 2.12. The number of ether oxygens (including phenoxy) is 1. The van der Waals surface area contributed by atoms with Gasteiger partial charge in [-0.25, -0.2) is 0 Å². The average molecular weight is 251 g/mol. The van der Waals surface area contributed by atoms with Crippen molar-refractivity contribution in [3.05, 3.63) is 0 Å². The lowest BCUT2D eigenvalue weighted by molar-refractivity contribution is -0.144. The fourth-order valence-corrected chi connectivity index (χ4v) is 2.75. The SMILES string of the molecule is CCOC(=O)[C@@H](N)CSCCSC(C)C. The van der Waals surface area contributed by atoms with Gasteiger partial charge in [0.25, 0.3) is 0 Å². The Bertz CT molecular complexity index is 177. The van der Waals surface area contributed by atoms with E-state index in [4.69, 9.17) is 10.5 Å². The summed E-state index contributed by atoms with van der Waals surface area (Å²) in [6.07, 6.45) is 0. The van der Waals surface area contributed by atoms with E-state index in [0.29, 0.717) is 17.6 Å². The van der Waals surface area contributed by atoms with E-state index in [1.54, 1.807) is 18.7 Å². The summed E-state index contributed by atoms with van der Waals surface area (Å²) in [6.45, 7) is 6.55. The number of hydrogen-bond acceptors (Lipinski definition) is 5. The van der Waals surface area contributed by atoms with Gasteiger partial charge in [-0.15, -0.1) is 0 Å². The lowest BCUT2D eigenvalue weighted by Crippen LogP contribution is -2.34. The Hall–Kier alpha value is 0.130. The average Bonchev–Trinajstić information content (AvgIpc) is 2.16. The van der Waals surface area contributed by atoms with Gasteiger partial charge in [-0.3, -0.25) is 4.79 Å². The molecule has 0 unspecified atom stereocenters. The van der Waals surface area contributed by atoms with Crippen LogP contribution in [0, 0.1) is 0 Å². The van der Waals surface area contributed by atoms with Crippen LogP contribution in [0.5, 0.6) is 0 Å². The van der Waals surface area contributed by atoms with Crippen molar-refractivity contribution in [3.63, 3.8) is 0 Å². The van der Waals surface area contributed by atoms with Crippen molar-refractivity contribution >= 4 is 29.5 Å². The molecule has 0 fully saturated rings. The molecule has 3 nitrogen and oxygen atoms in total. The van der Waals surface area contributed by atoms with Gasteiger partial charge < -0.3 is 10.5 Å². The minimum Gasteiger partial charge on any atom is -0.465 e. The highest BCUT2D eigenvalue weighted by Gasteiger charge is 2.13. The van der Waals surface area contributed by atoms with Gasteiger partial charge in [0.05, 0.1) is 6.61 Å². The number of rotatable bonds is 8. The number of nitrogens with two attached hydrogens (primary N) is 1. The van der Waals surface area contributed by atoms with E-state index < -0.39 is 6.04 Å². The molecule has 0 saturated carbocycles. The topological polar surface area (TPSA) is 52.3 Å². The van der Waals surface area contributed by atoms with Crippen molar-refractivity contribution in [1.29, 1.82) is 0 Å². The second kappa shape index (κ2) is 9.36. The summed E-state index contributed by atoms with van der Waals surface area (Å²) in [5.74, 6) is 2.51. The van der Waals surface area contributed by atoms with Gasteiger partial charge in [-0.05, 0) is 12.2 Å². The van der Waals surface area contributed by atoms with Crippen molar-refractivity contribution in [2.24, 2.45) is 5.73 Å². The van der Waals surface area contributed by atoms with Crippen LogP contribution in [0.4, 0.5) is 0 Å². The van der Waals surface area contributed by atoms with Crippen LogP contribution in [0.1, 0.15) is 20.8 Å². The fraction of sp³-hybridized carbons (Fsp3) is 0.900. The zero-order valence-corrected chi connectivity index (χ0v) is 11.3. The van der Waals surface area contributed by atoms with E-state index >= 15 is 0 Å². The monoisotopic (exact) mass is 251 g/mol. The van der Waals surface area contributed by atoms with Crippen LogP contribution in [-0.4, -0.2) is 41.1 Å². The fourth-order valence-electron chi connectivity index (χ4n) is 0.870. The quantitative estimate of drug-likeness (QED) is 0.526. The summed E-state index contributed by atoms with van der Waals surface area (Å²) in [6, 6.07) is -0.473. The highest BCUT2D eigenvalue weighted by atomic mass is 32.2. The zero-order chi connectivity index (χ0) is 11.7. The molecular formula is C10H21NO2S2. The molecular weight excluding hydrogens is 230 g/mol. The summed E-state index contributed by atoms with van der Waals surface area (Å²) >= 11 is 3.63. The Kier molecular flexibility index (Phi) is 9.44. The third-order valence-electron chi connectivity index (χ3n) is 1.57. The van der Waals surface area contributed by atoms with Crippen LogP contribution in [0.3, 0.4) is 0 Å². The van der Waals surface area contributed by atoms with Crippen LogP contribution in [0.2, 0.25) is 0 Å². The van der Waals surface area contributed by atoms with Crippen LogP contribution < -0.4 is 5.73 Å². The number of carbonyl (C=O) groups is 1. The summed E-state index contributed by atoms with van der Waals surface area (Å²) < 4.78 is 4.82. The lowest BCUT2D eigenvalue weighted by Gasteiger charge is -2.10. The summed E-state index contributed by atoms with van der Waals surface area (Å²) in [5, 5.41) is 0.671. The molecule has 0 aromatic carbocycles. The Morgan fingerprint density at radius 3 is 2.60 bits per heavy atom. The second-order valence-electron chi connectivity index (χ2n) is 3.35. The largest absolute Gasteiger partial charge is 0.465 e. The number of carbonyl (C=O) groups excluding carboxylic acids is 1.